The van der Waals surface area contributed by atoms with Gasteiger partial charge < -0.3 is 4.57 Å². The Hall–Kier alpha value is -7.84. The van der Waals surface area contributed by atoms with Crippen molar-refractivity contribution >= 4 is 72.2 Å². The third-order valence-corrected chi connectivity index (χ3v) is 12.6. The highest BCUT2D eigenvalue weighted by Gasteiger charge is 2.26. The molecular formula is C63H59N3S. The van der Waals surface area contributed by atoms with Crippen molar-refractivity contribution in [3.8, 4) is 18.0 Å². The SMILES string of the molecule is C#CCN=C.C=C/C=C(C=C)/C(C)=C/C(=NC(=C)c1cc(C(=C\C=C/C=C\C=C\C)/C(C=C)=C/C=C\C)cc(-n2c3c(c4c5sc6ccccc6c5ccc42)C=CCC3C)c1)c1ccccc1. The molecule has 2 heterocycles. The molecule has 0 bridgehead atoms. The molecule has 6 aromatic rings. The maximum absolute atomic E-state index is 5.35. The van der Waals surface area contributed by atoms with E-state index in [1.165, 1.54) is 42.3 Å². The van der Waals surface area contributed by atoms with Crippen LogP contribution < -0.4 is 0 Å². The zero-order valence-corrected chi connectivity index (χ0v) is 40.1. The molecular weight excluding hydrogens is 831 g/mol. The third-order valence-electron chi connectivity index (χ3n) is 11.4. The molecule has 0 saturated heterocycles. The second-order valence-corrected chi connectivity index (χ2v) is 16.9. The van der Waals surface area contributed by atoms with Crippen LogP contribution in [0.1, 0.15) is 68.0 Å². The van der Waals surface area contributed by atoms with Gasteiger partial charge in [0.2, 0.25) is 0 Å². The molecule has 2 aromatic heterocycles. The number of allylic oxidation sites excluding steroid dienone is 20. The van der Waals surface area contributed by atoms with Crippen LogP contribution in [0.5, 0.6) is 0 Å². The van der Waals surface area contributed by atoms with Gasteiger partial charge >= 0.3 is 0 Å². The van der Waals surface area contributed by atoms with Crippen LogP contribution in [0.4, 0.5) is 0 Å². The van der Waals surface area contributed by atoms with Gasteiger partial charge in [-0.2, -0.15) is 0 Å². The van der Waals surface area contributed by atoms with Gasteiger partial charge in [0.15, 0.2) is 0 Å². The van der Waals surface area contributed by atoms with E-state index < -0.39 is 0 Å². The lowest BCUT2D eigenvalue weighted by Crippen LogP contribution is -2.08. The quantitative estimate of drug-likeness (QED) is 0.0526. The average molecular weight is 890 g/mol. The average Bonchev–Trinajstić information content (AvgIpc) is 3.91. The molecule has 0 aliphatic heterocycles. The standard InChI is InChI=1S/C59H54N2S.C4H5N/c1-9-14-16-17-18-22-31-50(45(13-5)28-15-10-2)48-38-47(43(8)60-54(46-29-20-19-21-30-46)37-42(7)44(12-4)26-11-3)39-49(40-48)61-55-36-35-52-51-32-23-24-34-56(51)62-59(52)57(55)53-33-25-27-41(6)58(53)61;1-3-4-5-2/h9-26,28-41H,3-5,8,27H2,1-2,6-7H3;1H,2,4H2/b14-9+,15-10-,17-16-,22-18-,42-37+,44-26+,45-28+,50-31-,60-54?;. The molecule has 67 heavy (non-hydrogen) atoms. The molecule has 0 radical (unpaired) electrons. The van der Waals surface area contributed by atoms with Gasteiger partial charge in [-0.25, -0.2) is 4.99 Å². The highest BCUT2D eigenvalue weighted by atomic mass is 32.1. The number of hydrogen-bond acceptors (Lipinski definition) is 3. The van der Waals surface area contributed by atoms with Crippen LogP contribution in [0, 0.1) is 12.3 Å². The first kappa shape index (κ1) is 48.6. The van der Waals surface area contributed by atoms with E-state index in [9.17, 15) is 0 Å². The molecule has 3 nitrogen and oxygen atoms in total. The van der Waals surface area contributed by atoms with Crippen molar-refractivity contribution in [2.75, 3.05) is 6.54 Å². The molecule has 0 fully saturated rings. The molecule has 1 aliphatic carbocycles. The van der Waals surface area contributed by atoms with Gasteiger partial charge in [-0.15, -0.1) is 17.8 Å². The van der Waals surface area contributed by atoms with E-state index in [2.05, 4.69) is 178 Å². The second-order valence-electron chi connectivity index (χ2n) is 15.9. The van der Waals surface area contributed by atoms with Crippen molar-refractivity contribution in [3.63, 3.8) is 0 Å². The van der Waals surface area contributed by atoms with Crippen LogP contribution in [0.15, 0.2) is 235 Å². The summed E-state index contributed by atoms with van der Waals surface area (Å²) < 4.78 is 5.12. The predicted octanol–water partition coefficient (Wildman–Crippen LogP) is 17.3. The minimum atomic E-state index is 0.292. The number of fused-ring (bicyclic) bond motifs is 7. The fourth-order valence-electron chi connectivity index (χ4n) is 8.22. The Bertz CT molecular complexity index is 3200. The summed E-state index contributed by atoms with van der Waals surface area (Å²) in [4.78, 5) is 8.72. The smallest absolute Gasteiger partial charge is 0.0987 e. The number of hydrogen-bond donors (Lipinski definition) is 0. The summed E-state index contributed by atoms with van der Waals surface area (Å²) in [5.74, 6) is 2.58. The largest absolute Gasteiger partial charge is 0.313 e. The molecule has 1 atom stereocenters. The van der Waals surface area contributed by atoms with E-state index >= 15 is 0 Å². The minimum Gasteiger partial charge on any atom is -0.313 e. The van der Waals surface area contributed by atoms with E-state index in [1.54, 1.807) is 6.08 Å². The lowest BCUT2D eigenvalue weighted by Gasteiger charge is -2.21. The molecule has 0 N–H and O–H groups in total. The zero-order chi connectivity index (χ0) is 47.7. The molecule has 7 rings (SSSR count). The van der Waals surface area contributed by atoms with Crippen LogP contribution >= 0.6 is 11.3 Å². The van der Waals surface area contributed by atoms with Gasteiger partial charge in [-0.05, 0) is 98.2 Å². The number of aliphatic imine (C=N–C) groups is 2. The molecule has 0 amide bonds. The monoisotopic (exact) mass is 889 g/mol. The van der Waals surface area contributed by atoms with Gasteiger partial charge in [-0.1, -0.05) is 191 Å². The first-order chi connectivity index (χ1) is 32.7. The van der Waals surface area contributed by atoms with Gasteiger partial charge in [0, 0.05) is 59.5 Å². The summed E-state index contributed by atoms with van der Waals surface area (Å²) in [5.41, 5.74) is 13.3. The Kier molecular flexibility index (Phi) is 17.3. The Morgan fingerprint density at radius 3 is 2.22 bits per heavy atom. The minimum absolute atomic E-state index is 0.292. The van der Waals surface area contributed by atoms with Crippen molar-refractivity contribution in [1.29, 1.82) is 0 Å². The van der Waals surface area contributed by atoms with Crippen molar-refractivity contribution < 1.29 is 0 Å². The summed E-state index contributed by atoms with van der Waals surface area (Å²) in [6.07, 6.45) is 40.7. The third kappa shape index (κ3) is 11.3. The lowest BCUT2D eigenvalue weighted by molar-refractivity contribution is 0.723. The summed E-state index contributed by atoms with van der Waals surface area (Å²) in [7, 11) is 0. The predicted molar refractivity (Wildman–Crippen MR) is 300 cm³/mol. The van der Waals surface area contributed by atoms with E-state index in [-0.39, 0.29) is 0 Å². The second kappa shape index (κ2) is 23.9. The maximum Gasteiger partial charge on any atom is 0.0987 e. The van der Waals surface area contributed by atoms with E-state index in [4.69, 9.17) is 11.4 Å². The summed E-state index contributed by atoms with van der Waals surface area (Å²) in [6, 6.07) is 30.5. The number of benzene rings is 4. The fraction of sp³-hybridized carbons (Fsp3) is 0.111. The molecule has 1 unspecified atom stereocenters. The summed E-state index contributed by atoms with van der Waals surface area (Å²) in [5, 5.41) is 3.90. The number of thiophene rings is 1. The first-order valence-corrected chi connectivity index (χ1v) is 23.3. The Balaban J connectivity index is 0.00000141. The van der Waals surface area contributed by atoms with E-state index in [0.717, 1.165) is 56.8 Å². The first-order valence-electron chi connectivity index (χ1n) is 22.5. The van der Waals surface area contributed by atoms with Gasteiger partial charge in [-0.3, -0.25) is 4.99 Å². The number of terminal acetylenes is 1. The van der Waals surface area contributed by atoms with Gasteiger partial charge in [0.1, 0.15) is 0 Å². The van der Waals surface area contributed by atoms with Gasteiger partial charge in [0.05, 0.1) is 23.5 Å². The molecule has 4 aromatic carbocycles. The number of rotatable bonds is 16. The van der Waals surface area contributed by atoms with Crippen LogP contribution in [-0.4, -0.2) is 23.5 Å². The normalized spacial score (nSPS) is 14.9. The van der Waals surface area contributed by atoms with Crippen LogP contribution in [0.2, 0.25) is 0 Å². The molecule has 0 spiro atoms. The van der Waals surface area contributed by atoms with Crippen molar-refractivity contribution in [2.45, 2.75) is 40.0 Å². The topological polar surface area (TPSA) is 29.6 Å². The van der Waals surface area contributed by atoms with Crippen LogP contribution in [-0.2, 0) is 0 Å². The molecule has 0 saturated carbocycles. The molecule has 332 valence electrons. The molecule has 4 heteroatoms. The molecule has 1 aliphatic rings. The lowest BCUT2D eigenvalue weighted by atomic mass is 9.92. The van der Waals surface area contributed by atoms with Gasteiger partial charge in [0.25, 0.3) is 0 Å². The Morgan fingerprint density at radius 2 is 1.52 bits per heavy atom. The highest BCUT2D eigenvalue weighted by Crippen LogP contribution is 2.46. The Labute approximate surface area is 402 Å². The van der Waals surface area contributed by atoms with Crippen LogP contribution in [0.3, 0.4) is 0 Å². The zero-order valence-electron chi connectivity index (χ0n) is 39.3. The van der Waals surface area contributed by atoms with Crippen molar-refractivity contribution in [3.05, 3.63) is 253 Å². The van der Waals surface area contributed by atoms with Crippen molar-refractivity contribution in [1.82, 2.24) is 4.57 Å². The van der Waals surface area contributed by atoms with E-state index in [1.807, 2.05) is 92.0 Å². The Morgan fingerprint density at radius 1 is 0.806 bits per heavy atom. The summed E-state index contributed by atoms with van der Waals surface area (Å²) in [6.45, 7) is 29.0. The van der Waals surface area contributed by atoms with Crippen molar-refractivity contribution in [2.24, 2.45) is 9.98 Å². The van der Waals surface area contributed by atoms with Crippen LogP contribution in [0.25, 0.3) is 54.1 Å². The number of aromatic nitrogens is 1. The maximum atomic E-state index is 5.35. The highest BCUT2D eigenvalue weighted by molar-refractivity contribution is 7.26. The number of nitrogens with zero attached hydrogens (tertiary/aromatic N) is 3. The summed E-state index contributed by atoms with van der Waals surface area (Å²) >= 11 is 1.88. The van der Waals surface area contributed by atoms with E-state index in [0.29, 0.717) is 18.2 Å². The fourth-order valence-corrected chi connectivity index (χ4v) is 9.48.